The molecule has 1 fully saturated rings. The first-order valence-electron chi connectivity index (χ1n) is 9.76. The first-order chi connectivity index (χ1) is 14.9. The summed E-state index contributed by atoms with van der Waals surface area (Å²) in [5.74, 6) is 0.876. The molecule has 0 radical (unpaired) electrons. The minimum Gasteiger partial charge on any atom is -0.493 e. The predicted octanol–water partition coefficient (Wildman–Crippen LogP) is 1.79. The Hall–Kier alpha value is -3.18. The number of piperidine rings is 1. The van der Waals surface area contributed by atoms with E-state index in [0.29, 0.717) is 35.8 Å². The summed E-state index contributed by atoms with van der Waals surface area (Å²) in [6, 6.07) is 7.93. The zero-order valence-electron chi connectivity index (χ0n) is 17.2. The van der Waals surface area contributed by atoms with Gasteiger partial charge in [-0.25, -0.2) is 13.4 Å². The Morgan fingerprint density at radius 1 is 1.06 bits per heavy atom. The van der Waals surface area contributed by atoms with Crippen LogP contribution in [-0.2, 0) is 14.8 Å². The number of anilines is 1. The van der Waals surface area contributed by atoms with Crippen molar-refractivity contribution in [2.24, 2.45) is 5.92 Å². The van der Waals surface area contributed by atoms with Gasteiger partial charge in [0.25, 0.3) is 0 Å². The third-order valence-corrected chi connectivity index (χ3v) is 7.25. The van der Waals surface area contributed by atoms with Crippen LogP contribution in [0.3, 0.4) is 0 Å². The van der Waals surface area contributed by atoms with Gasteiger partial charge in [-0.2, -0.15) is 13.9 Å². The largest absolute Gasteiger partial charge is 0.493 e. The van der Waals surface area contributed by atoms with Gasteiger partial charge in [0.1, 0.15) is 5.82 Å². The zero-order chi connectivity index (χ0) is 22.0. The van der Waals surface area contributed by atoms with Crippen LogP contribution in [0.15, 0.2) is 47.6 Å². The molecule has 1 N–H and O–H groups in total. The lowest BCUT2D eigenvalue weighted by atomic mass is 9.97. The molecule has 164 valence electrons. The smallest absolute Gasteiger partial charge is 0.243 e. The predicted molar refractivity (Wildman–Crippen MR) is 113 cm³/mol. The fourth-order valence-electron chi connectivity index (χ4n) is 3.64. The number of sulfonamides is 1. The SMILES string of the molecule is COc1ccc(S(=O)(=O)N2CCC(C(=O)Nc3ccnc4ccnn34)CC2)cc1OC. The first-order valence-corrected chi connectivity index (χ1v) is 11.2. The monoisotopic (exact) mass is 445 g/mol. The van der Waals surface area contributed by atoms with Crippen LogP contribution < -0.4 is 14.8 Å². The van der Waals surface area contributed by atoms with Crippen LogP contribution in [0.4, 0.5) is 5.82 Å². The van der Waals surface area contributed by atoms with Gasteiger partial charge in [0.05, 0.1) is 25.3 Å². The van der Waals surface area contributed by atoms with E-state index >= 15 is 0 Å². The third-order valence-electron chi connectivity index (χ3n) is 5.36. The average Bonchev–Trinajstić information content (AvgIpc) is 3.28. The van der Waals surface area contributed by atoms with E-state index < -0.39 is 10.0 Å². The number of carbonyl (C=O) groups excluding carboxylic acids is 1. The van der Waals surface area contributed by atoms with E-state index in [1.807, 2.05) is 0 Å². The Labute approximate surface area is 179 Å². The third kappa shape index (κ3) is 4.06. The number of carbonyl (C=O) groups is 1. The summed E-state index contributed by atoms with van der Waals surface area (Å²) in [5, 5.41) is 7.03. The Balaban J connectivity index is 1.43. The van der Waals surface area contributed by atoms with Gasteiger partial charge in [0.2, 0.25) is 15.9 Å². The maximum absolute atomic E-state index is 13.0. The number of fused-ring (bicyclic) bond motifs is 1. The lowest BCUT2D eigenvalue weighted by Crippen LogP contribution is -2.41. The lowest BCUT2D eigenvalue weighted by molar-refractivity contribution is -0.120. The molecule has 11 heteroatoms. The number of ether oxygens (including phenoxy) is 2. The topological polar surface area (TPSA) is 115 Å². The molecular formula is C20H23N5O5S. The molecule has 3 aromatic rings. The summed E-state index contributed by atoms with van der Waals surface area (Å²) in [6.07, 6.45) is 4.05. The summed E-state index contributed by atoms with van der Waals surface area (Å²) >= 11 is 0. The summed E-state index contributed by atoms with van der Waals surface area (Å²) in [5.41, 5.74) is 0.633. The van der Waals surface area contributed by atoms with Crippen LogP contribution in [0.2, 0.25) is 0 Å². The van der Waals surface area contributed by atoms with Crippen LogP contribution >= 0.6 is 0 Å². The van der Waals surface area contributed by atoms with Gasteiger partial charge >= 0.3 is 0 Å². The van der Waals surface area contributed by atoms with Crippen LogP contribution in [0, 0.1) is 5.92 Å². The molecule has 0 spiro atoms. The molecule has 0 aliphatic carbocycles. The molecular weight excluding hydrogens is 422 g/mol. The van der Waals surface area contributed by atoms with Crippen molar-refractivity contribution in [2.45, 2.75) is 17.7 Å². The molecule has 1 aliphatic heterocycles. The maximum Gasteiger partial charge on any atom is 0.243 e. The lowest BCUT2D eigenvalue weighted by Gasteiger charge is -2.30. The summed E-state index contributed by atoms with van der Waals surface area (Å²) in [7, 11) is -0.757. The molecule has 3 heterocycles. The normalized spacial score (nSPS) is 15.7. The van der Waals surface area contributed by atoms with Crippen molar-refractivity contribution in [3.05, 3.63) is 42.7 Å². The van der Waals surface area contributed by atoms with Crippen molar-refractivity contribution < 1.29 is 22.7 Å². The van der Waals surface area contributed by atoms with Gasteiger partial charge < -0.3 is 14.8 Å². The van der Waals surface area contributed by atoms with Crippen molar-refractivity contribution >= 4 is 27.4 Å². The van der Waals surface area contributed by atoms with Gasteiger partial charge in [-0.15, -0.1) is 0 Å². The highest BCUT2D eigenvalue weighted by molar-refractivity contribution is 7.89. The molecule has 31 heavy (non-hydrogen) atoms. The highest BCUT2D eigenvalue weighted by atomic mass is 32.2. The van der Waals surface area contributed by atoms with Gasteiger partial charge in [-0.05, 0) is 31.0 Å². The van der Waals surface area contributed by atoms with E-state index in [1.54, 1.807) is 35.1 Å². The zero-order valence-corrected chi connectivity index (χ0v) is 18.0. The van der Waals surface area contributed by atoms with Crippen molar-refractivity contribution in [1.29, 1.82) is 0 Å². The van der Waals surface area contributed by atoms with E-state index in [-0.39, 0.29) is 29.8 Å². The van der Waals surface area contributed by atoms with Gasteiger partial charge in [-0.3, -0.25) is 4.79 Å². The minimum atomic E-state index is -3.71. The van der Waals surface area contributed by atoms with Gasteiger partial charge in [-0.1, -0.05) is 0 Å². The molecule has 0 bridgehead atoms. The number of hydrogen-bond acceptors (Lipinski definition) is 7. The number of nitrogens with one attached hydrogen (secondary N) is 1. The van der Waals surface area contributed by atoms with Crippen LogP contribution in [-0.4, -0.2) is 60.5 Å². The molecule has 0 atom stereocenters. The second kappa shape index (κ2) is 8.52. The van der Waals surface area contributed by atoms with E-state index in [1.165, 1.54) is 30.7 Å². The van der Waals surface area contributed by atoms with Crippen molar-refractivity contribution in [3.8, 4) is 11.5 Å². The van der Waals surface area contributed by atoms with Crippen LogP contribution in [0.5, 0.6) is 11.5 Å². The molecule has 1 saturated heterocycles. The molecule has 1 aliphatic rings. The minimum absolute atomic E-state index is 0.130. The van der Waals surface area contributed by atoms with Crippen molar-refractivity contribution in [1.82, 2.24) is 18.9 Å². The standard InChI is InChI=1S/C20H23N5O5S/c1-29-16-4-3-15(13-17(16)30-2)31(27,28)24-11-7-14(8-12-24)20(26)23-19-5-9-21-18-6-10-22-25(18)19/h3-6,9-10,13-14H,7-8,11-12H2,1-2H3,(H,23,26). The number of hydrogen-bond donors (Lipinski definition) is 1. The molecule has 4 rings (SSSR count). The fourth-order valence-corrected chi connectivity index (χ4v) is 5.13. The maximum atomic E-state index is 13.0. The van der Waals surface area contributed by atoms with E-state index in [9.17, 15) is 13.2 Å². The number of rotatable bonds is 6. The Morgan fingerprint density at radius 2 is 1.81 bits per heavy atom. The van der Waals surface area contributed by atoms with Crippen molar-refractivity contribution in [2.75, 3.05) is 32.6 Å². The van der Waals surface area contributed by atoms with E-state index in [0.717, 1.165) is 0 Å². The Morgan fingerprint density at radius 3 is 2.52 bits per heavy atom. The second-order valence-corrected chi connectivity index (χ2v) is 9.05. The Bertz CT molecular complexity index is 1200. The summed E-state index contributed by atoms with van der Waals surface area (Å²) in [6.45, 7) is 0.505. The number of amides is 1. The summed E-state index contributed by atoms with van der Waals surface area (Å²) < 4.78 is 39.4. The van der Waals surface area contributed by atoms with E-state index in [4.69, 9.17) is 9.47 Å². The fraction of sp³-hybridized carbons (Fsp3) is 0.350. The highest BCUT2D eigenvalue weighted by Gasteiger charge is 2.32. The molecule has 1 amide bonds. The Kier molecular flexibility index (Phi) is 5.79. The van der Waals surface area contributed by atoms with Gasteiger partial charge in [0.15, 0.2) is 17.1 Å². The van der Waals surface area contributed by atoms with Gasteiger partial charge in [0, 0.05) is 37.3 Å². The molecule has 0 unspecified atom stereocenters. The molecule has 1 aromatic carbocycles. The van der Waals surface area contributed by atoms with Crippen molar-refractivity contribution in [3.63, 3.8) is 0 Å². The average molecular weight is 446 g/mol. The number of nitrogens with zero attached hydrogens (tertiary/aromatic N) is 4. The molecule has 10 nitrogen and oxygen atoms in total. The molecule has 0 saturated carbocycles. The number of methoxy groups -OCH3 is 2. The first kappa shape index (κ1) is 21.1. The van der Waals surface area contributed by atoms with Crippen LogP contribution in [0.1, 0.15) is 12.8 Å². The quantitative estimate of drug-likeness (QED) is 0.615. The number of benzene rings is 1. The summed E-state index contributed by atoms with van der Waals surface area (Å²) in [4.78, 5) is 17.0. The van der Waals surface area contributed by atoms with Crippen LogP contribution in [0.25, 0.3) is 5.65 Å². The molecule has 2 aromatic heterocycles. The second-order valence-electron chi connectivity index (χ2n) is 7.12. The van der Waals surface area contributed by atoms with E-state index in [2.05, 4.69) is 15.4 Å². The highest BCUT2D eigenvalue weighted by Crippen LogP contribution is 2.32. The number of aromatic nitrogens is 3.